The van der Waals surface area contributed by atoms with Crippen LogP contribution in [0.4, 0.5) is 4.79 Å². The van der Waals surface area contributed by atoms with Crippen molar-refractivity contribution in [2.24, 2.45) is 5.73 Å². The summed E-state index contributed by atoms with van der Waals surface area (Å²) >= 11 is 0. The first kappa shape index (κ1) is 15.6. The van der Waals surface area contributed by atoms with Crippen molar-refractivity contribution in [3.05, 3.63) is 41.1 Å². The molecular weight excluding hydrogens is 286 g/mol. The number of hydrogen-bond acceptors (Lipinski definition) is 4. The van der Waals surface area contributed by atoms with Crippen LogP contribution in [0, 0.1) is 0 Å². The maximum absolute atomic E-state index is 11.8. The van der Waals surface area contributed by atoms with Gasteiger partial charge in [-0.2, -0.15) is 0 Å². The van der Waals surface area contributed by atoms with Crippen LogP contribution in [0.25, 0.3) is 0 Å². The minimum absolute atomic E-state index is 0.121. The van der Waals surface area contributed by atoms with Crippen LogP contribution in [0.1, 0.15) is 25.5 Å². The smallest absolute Gasteiger partial charge is 0.319 e. The minimum Gasteiger partial charge on any atom is -0.484 e. The summed E-state index contributed by atoms with van der Waals surface area (Å²) in [5, 5.41) is 5.31. The van der Waals surface area contributed by atoms with Gasteiger partial charge in [0, 0.05) is 11.3 Å². The highest BCUT2D eigenvalue weighted by atomic mass is 16.5. The molecule has 0 spiro atoms. The normalized spacial score (nSPS) is 17.5. The Morgan fingerprint density at radius 1 is 1.27 bits per heavy atom. The van der Waals surface area contributed by atoms with E-state index in [4.69, 9.17) is 10.5 Å². The first-order chi connectivity index (χ1) is 10.4. The Hall–Kier alpha value is -2.83. The summed E-state index contributed by atoms with van der Waals surface area (Å²) in [4.78, 5) is 34.1. The van der Waals surface area contributed by atoms with E-state index in [1.165, 1.54) is 6.92 Å². The number of nitrogens with two attached hydrogens (primary N) is 1. The number of carbonyl (C=O) groups is 3. The molecule has 3 amide bonds. The fourth-order valence-corrected chi connectivity index (χ4v) is 2.32. The lowest BCUT2D eigenvalue weighted by molar-refractivity contribution is -0.120. The molecule has 1 aromatic carbocycles. The van der Waals surface area contributed by atoms with Gasteiger partial charge in [0.25, 0.3) is 5.91 Å². The van der Waals surface area contributed by atoms with Gasteiger partial charge in [-0.1, -0.05) is 12.1 Å². The number of ketones is 1. The number of urea groups is 1. The molecule has 0 saturated heterocycles. The molecule has 1 heterocycles. The van der Waals surface area contributed by atoms with Gasteiger partial charge in [0.05, 0.1) is 6.04 Å². The topological polar surface area (TPSA) is 111 Å². The molecule has 1 atom stereocenters. The third-order valence-electron chi connectivity index (χ3n) is 3.24. The van der Waals surface area contributed by atoms with Gasteiger partial charge < -0.3 is 21.1 Å². The Morgan fingerprint density at radius 2 is 1.91 bits per heavy atom. The maximum Gasteiger partial charge on any atom is 0.319 e. The Kier molecular flexibility index (Phi) is 4.45. The number of nitrogens with one attached hydrogen (secondary N) is 2. The summed E-state index contributed by atoms with van der Waals surface area (Å²) in [5.41, 5.74) is 6.79. The quantitative estimate of drug-likeness (QED) is 0.746. The molecule has 7 heteroatoms. The van der Waals surface area contributed by atoms with Gasteiger partial charge in [-0.15, -0.1) is 0 Å². The lowest BCUT2D eigenvalue weighted by Crippen LogP contribution is -2.44. The standard InChI is InChI=1S/C15H17N3O4/c1-8-13(9(2)19)14(18-15(21)17-8)10-3-5-11(6-4-10)22-7-12(16)20/h3-6,14H,7H2,1-2H3,(H2,16,20)(H2,17,18,21)/t14-/m0/s1. The van der Waals surface area contributed by atoms with Crippen LogP contribution >= 0.6 is 0 Å². The Balaban J connectivity index is 2.26. The number of amides is 3. The average molecular weight is 303 g/mol. The van der Waals surface area contributed by atoms with E-state index in [2.05, 4.69) is 10.6 Å². The second-order valence-corrected chi connectivity index (χ2v) is 4.95. The van der Waals surface area contributed by atoms with Crippen LogP contribution in [0.3, 0.4) is 0 Å². The molecule has 0 radical (unpaired) electrons. The SMILES string of the molecule is CC(=O)C1=C(C)NC(=O)N[C@H]1c1ccc(OCC(N)=O)cc1. The molecule has 1 aromatic rings. The van der Waals surface area contributed by atoms with E-state index < -0.39 is 11.9 Å². The molecule has 0 unspecified atom stereocenters. The highest BCUT2D eigenvalue weighted by molar-refractivity contribution is 5.98. The minimum atomic E-state index is -0.563. The van der Waals surface area contributed by atoms with Crippen molar-refractivity contribution in [2.75, 3.05) is 6.61 Å². The van der Waals surface area contributed by atoms with Crippen molar-refractivity contribution in [1.82, 2.24) is 10.6 Å². The van der Waals surface area contributed by atoms with Crippen LogP contribution in [0.15, 0.2) is 35.5 Å². The molecular formula is C15H17N3O4. The van der Waals surface area contributed by atoms with Crippen molar-refractivity contribution in [2.45, 2.75) is 19.9 Å². The largest absolute Gasteiger partial charge is 0.484 e. The molecule has 22 heavy (non-hydrogen) atoms. The van der Waals surface area contributed by atoms with Gasteiger partial charge in [-0.05, 0) is 31.5 Å². The fourth-order valence-electron chi connectivity index (χ4n) is 2.32. The summed E-state index contributed by atoms with van der Waals surface area (Å²) in [7, 11) is 0. The number of hydrogen-bond donors (Lipinski definition) is 3. The zero-order chi connectivity index (χ0) is 16.3. The molecule has 0 saturated carbocycles. The van der Waals surface area contributed by atoms with Crippen LogP contribution in [0.2, 0.25) is 0 Å². The molecule has 0 aliphatic carbocycles. The van der Waals surface area contributed by atoms with Crippen molar-refractivity contribution in [3.63, 3.8) is 0 Å². The highest BCUT2D eigenvalue weighted by Gasteiger charge is 2.28. The van der Waals surface area contributed by atoms with Crippen LogP contribution < -0.4 is 21.1 Å². The molecule has 1 aliphatic heterocycles. The molecule has 7 nitrogen and oxygen atoms in total. The van der Waals surface area contributed by atoms with Gasteiger partial charge in [-0.25, -0.2) is 4.79 Å². The second-order valence-electron chi connectivity index (χ2n) is 4.95. The number of Topliss-reactive ketones (excluding diaryl/α,β-unsaturated/α-hetero) is 1. The number of rotatable bonds is 5. The number of carbonyl (C=O) groups excluding carboxylic acids is 3. The zero-order valence-corrected chi connectivity index (χ0v) is 12.3. The molecule has 4 N–H and O–H groups in total. The molecule has 0 bridgehead atoms. The molecule has 2 rings (SSSR count). The molecule has 1 aliphatic rings. The van der Waals surface area contributed by atoms with Gasteiger partial charge in [0.1, 0.15) is 5.75 Å². The molecule has 116 valence electrons. The number of primary amides is 1. The lowest BCUT2D eigenvalue weighted by Gasteiger charge is -2.28. The number of benzene rings is 1. The van der Waals surface area contributed by atoms with E-state index in [1.807, 2.05) is 0 Å². The van der Waals surface area contributed by atoms with E-state index in [0.717, 1.165) is 5.56 Å². The van der Waals surface area contributed by atoms with Crippen molar-refractivity contribution >= 4 is 17.7 Å². The maximum atomic E-state index is 11.8. The van der Waals surface area contributed by atoms with Gasteiger partial charge >= 0.3 is 6.03 Å². The average Bonchev–Trinajstić information content (AvgIpc) is 2.44. The third kappa shape index (κ3) is 3.43. The summed E-state index contributed by atoms with van der Waals surface area (Å²) in [6.07, 6.45) is 0. The van der Waals surface area contributed by atoms with Crippen molar-refractivity contribution < 1.29 is 19.1 Å². The summed E-state index contributed by atoms with van der Waals surface area (Å²) < 4.78 is 5.17. The fraction of sp³-hybridized carbons (Fsp3) is 0.267. The summed E-state index contributed by atoms with van der Waals surface area (Å²) in [5.74, 6) is -0.205. The summed E-state index contributed by atoms with van der Waals surface area (Å²) in [6, 6.07) is 5.88. The summed E-state index contributed by atoms with van der Waals surface area (Å²) in [6.45, 7) is 2.93. The first-order valence-electron chi connectivity index (χ1n) is 6.68. The third-order valence-corrected chi connectivity index (χ3v) is 3.24. The highest BCUT2D eigenvalue weighted by Crippen LogP contribution is 2.28. The van der Waals surface area contributed by atoms with Crippen molar-refractivity contribution in [3.8, 4) is 5.75 Å². The van der Waals surface area contributed by atoms with Gasteiger partial charge in [0.2, 0.25) is 0 Å². The Bertz CT molecular complexity index is 649. The van der Waals surface area contributed by atoms with Gasteiger partial charge in [0.15, 0.2) is 12.4 Å². The van der Waals surface area contributed by atoms with Crippen LogP contribution in [0.5, 0.6) is 5.75 Å². The van der Waals surface area contributed by atoms with Crippen LogP contribution in [-0.4, -0.2) is 24.3 Å². The number of allylic oxidation sites excluding steroid dienone is 1. The lowest BCUT2D eigenvalue weighted by atomic mass is 9.93. The second kappa shape index (κ2) is 6.30. The number of ether oxygens (including phenoxy) is 1. The van der Waals surface area contributed by atoms with E-state index in [1.54, 1.807) is 31.2 Å². The Morgan fingerprint density at radius 3 is 2.45 bits per heavy atom. The predicted molar refractivity (Wildman–Crippen MR) is 78.9 cm³/mol. The van der Waals surface area contributed by atoms with E-state index in [9.17, 15) is 14.4 Å². The zero-order valence-electron chi connectivity index (χ0n) is 12.3. The monoisotopic (exact) mass is 303 g/mol. The van der Waals surface area contributed by atoms with Gasteiger partial charge in [-0.3, -0.25) is 9.59 Å². The first-order valence-corrected chi connectivity index (χ1v) is 6.68. The van der Waals surface area contributed by atoms with Crippen molar-refractivity contribution in [1.29, 1.82) is 0 Å². The van der Waals surface area contributed by atoms with Crippen LogP contribution in [-0.2, 0) is 9.59 Å². The van der Waals surface area contributed by atoms with E-state index in [-0.39, 0.29) is 18.4 Å². The predicted octanol–water partition coefficient (Wildman–Crippen LogP) is 0.768. The van der Waals surface area contributed by atoms with E-state index >= 15 is 0 Å². The van der Waals surface area contributed by atoms with E-state index in [0.29, 0.717) is 17.0 Å². The molecule has 0 aromatic heterocycles. The molecule has 0 fully saturated rings. The Labute approximate surface area is 127 Å².